The van der Waals surface area contributed by atoms with E-state index in [1.165, 1.54) is 0 Å². The van der Waals surface area contributed by atoms with Crippen molar-refractivity contribution >= 4 is 40.4 Å². The number of hydrogen-bond acceptors (Lipinski definition) is 10. The molecule has 0 saturated carbocycles. The number of aromatic amines is 1. The fourth-order valence-electron chi connectivity index (χ4n) is 8.91. The van der Waals surface area contributed by atoms with E-state index in [0.717, 1.165) is 27.6 Å². The minimum atomic E-state index is -1.95. The van der Waals surface area contributed by atoms with Crippen LogP contribution in [0.3, 0.4) is 0 Å². The average Bonchev–Trinajstić information content (AvgIpc) is 3.97. The molecule has 346 valence electrons. The van der Waals surface area contributed by atoms with Gasteiger partial charge in [0.25, 0.3) is 5.91 Å². The van der Waals surface area contributed by atoms with Gasteiger partial charge in [-0.25, -0.2) is 0 Å². The van der Waals surface area contributed by atoms with Crippen molar-refractivity contribution in [3.8, 4) is 11.1 Å². The molecule has 1 unspecified atom stereocenters. The van der Waals surface area contributed by atoms with Crippen LogP contribution in [0.2, 0.25) is 0 Å². The largest absolute Gasteiger partial charge is 0.380 e. The Balaban J connectivity index is 1.17. The molecule has 4 aromatic carbocycles. The van der Waals surface area contributed by atoms with Crippen LogP contribution in [0.4, 0.5) is 0 Å². The molecule has 3 fully saturated rings. The molecule has 66 heavy (non-hydrogen) atoms. The standard InChI is InChI=1S/C50H57N7O9/c1-50(2)65-43-40-42(64-49(43)66-50)41(58)48(63)56-37(25-29-13-5-3-6-14-29)45(60)55-39(27-33-28-52-35-18-10-9-17-34(33)35)46(61)53-36(19-11-12-24-51)44(59)54-38(47(62)57-40)26-30-20-22-32(23-21-30)31-15-7-4-8-16-31/h3-10,13-18,20-23,28,36-43,49,52,58H,11-12,19,24-27,51H2,1-2H3,(H,53,61)(H,54,59)(H,55,60)(H,56,63)(H,57,62)/t36-,37-,38-,39+,40+,41+,42-,43?,49+/m0/s1. The van der Waals surface area contributed by atoms with Crippen LogP contribution in [0.15, 0.2) is 115 Å². The molecule has 16 heteroatoms. The molecule has 0 spiro atoms. The number of benzene rings is 4. The first-order valence-corrected chi connectivity index (χ1v) is 22.5. The summed E-state index contributed by atoms with van der Waals surface area (Å²) in [5, 5.41) is 27.0. The first kappa shape index (κ1) is 46.1. The second kappa shape index (κ2) is 20.4. The van der Waals surface area contributed by atoms with Gasteiger partial charge in [0.1, 0.15) is 36.4 Å². The number of aliphatic hydroxyl groups is 1. The first-order valence-electron chi connectivity index (χ1n) is 22.5. The van der Waals surface area contributed by atoms with Crippen LogP contribution < -0.4 is 32.3 Å². The van der Waals surface area contributed by atoms with Crippen molar-refractivity contribution in [1.29, 1.82) is 0 Å². The molecule has 5 aromatic rings. The average molecular weight is 900 g/mol. The molecule has 0 radical (unpaired) electrons. The van der Waals surface area contributed by atoms with E-state index < -0.39 is 90.1 Å². The van der Waals surface area contributed by atoms with Crippen molar-refractivity contribution < 1.29 is 43.3 Å². The third-order valence-corrected chi connectivity index (χ3v) is 12.3. The van der Waals surface area contributed by atoms with E-state index in [2.05, 4.69) is 31.6 Å². The van der Waals surface area contributed by atoms with Gasteiger partial charge in [0.15, 0.2) is 18.2 Å². The van der Waals surface area contributed by atoms with Gasteiger partial charge in [-0.05, 0) is 73.5 Å². The number of unbranched alkanes of at least 4 members (excludes halogenated alkanes) is 1. The number of rotatable bonds is 11. The Hall–Kier alpha value is -6.43. The van der Waals surface area contributed by atoms with Gasteiger partial charge in [0.05, 0.1) is 6.04 Å². The summed E-state index contributed by atoms with van der Waals surface area (Å²) in [6.45, 7) is 3.70. The van der Waals surface area contributed by atoms with Gasteiger partial charge < -0.3 is 56.6 Å². The van der Waals surface area contributed by atoms with E-state index in [9.17, 15) is 29.1 Å². The molecule has 3 aliphatic rings. The Morgan fingerprint density at radius 3 is 1.80 bits per heavy atom. The van der Waals surface area contributed by atoms with E-state index in [-0.39, 0.29) is 25.7 Å². The molecule has 3 saturated heterocycles. The molecular formula is C50H57N7O9. The molecule has 0 bridgehead atoms. The number of nitrogens with one attached hydrogen (secondary N) is 6. The predicted octanol–water partition coefficient (Wildman–Crippen LogP) is 2.67. The van der Waals surface area contributed by atoms with E-state index in [1.54, 1.807) is 44.3 Å². The minimum absolute atomic E-state index is 0.00802. The zero-order chi connectivity index (χ0) is 46.4. The summed E-state index contributed by atoms with van der Waals surface area (Å²) in [6.07, 6.45) is -2.46. The van der Waals surface area contributed by atoms with Crippen LogP contribution >= 0.6 is 0 Å². The van der Waals surface area contributed by atoms with Gasteiger partial charge in [-0.3, -0.25) is 24.0 Å². The number of aromatic nitrogens is 1. The number of ether oxygens (including phenoxy) is 3. The Labute approximate surface area is 382 Å². The van der Waals surface area contributed by atoms with E-state index in [4.69, 9.17) is 19.9 Å². The zero-order valence-electron chi connectivity index (χ0n) is 36.9. The van der Waals surface area contributed by atoms with E-state index >= 15 is 0 Å². The maximum absolute atomic E-state index is 14.7. The maximum atomic E-state index is 14.7. The van der Waals surface area contributed by atoms with Crippen LogP contribution in [0, 0.1) is 0 Å². The fraction of sp³-hybridized carbons (Fsp3) is 0.380. The quantitative estimate of drug-likeness (QED) is 0.0903. The number of para-hydroxylation sites is 1. The number of amides is 5. The van der Waals surface area contributed by atoms with Gasteiger partial charge in [-0.15, -0.1) is 0 Å². The molecule has 5 amide bonds. The fourth-order valence-corrected chi connectivity index (χ4v) is 8.91. The highest BCUT2D eigenvalue weighted by atomic mass is 16.8. The number of aliphatic hydroxyl groups excluding tert-OH is 1. The summed E-state index contributed by atoms with van der Waals surface area (Å²) in [5.41, 5.74) is 10.8. The Morgan fingerprint density at radius 1 is 0.576 bits per heavy atom. The number of carbonyl (C=O) groups is 5. The third-order valence-electron chi connectivity index (χ3n) is 12.3. The molecule has 16 nitrogen and oxygen atoms in total. The topological polar surface area (TPSA) is 235 Å². The van der Waals surface area contributed by atoms with Crippen LogP contribution in [0.1, 0.15) is 49.8 Å². The first-order chi connectivity index (χ1) is 31.9. The second-order valence-electron chi connectivity index (χ2n) is 17.6. The van der Waals surface area contributed by atoms with Gasteiger partial charge in [0, 0.05) is 36.4 Å². The van der Waals surface area contributed by atoms with Crippen molar-refractivity contribution in [3.05, 3.63) is 132 Å². The smallest absolute Gasteiger partial charge is 0.252 e. The molecule has 1 aromatic heterocycles. The van der Waals surface area contributed by atoms with Gasteiger partial charge >= 0.3 is 0 Å². The molecule has 4 heterocycles. The second-order valence-corrected chi connectivity index (χ2v) is 17.6. The monoisotopic (exact) mass is 899 g/mol. The van der Waals surface area contributed by atoms with Gasteiger partial charge in [-0.2, -0.15) is 0 Å². The van der Waals surface area contributed by atoms with Gasteiger partial charge in [0.2, 0.25) is 23.6 Å². The van der Waals surface area contributed by atoms with Crippen molar-refractivity contribution in [2.24, 2.45) is 5.73 Å². The van der Waals surface area contributed by atoms with Crippen LogP contribution in [0.25, 0.3) is 22.0 Å². The predicted molar refractivity (Wildman–Crippen MR) is 245 cm³/mol. The lowest BCUT2D eigenvalue weighted by Crippen LogP contribution is -2.60. The molecule has 9 atom stereocenters. The van der Waals surface area contributed by atoms with Crippen LogP contribution in [0.5, 0.6) is 0 Å². The Morgan fingerprint density at radius 2 is 1.12 bits per heavy atom. The summed E-state index contributed by atoms with van der Waals surface area (Å²) in [7, 11) is 0. The normalized spacial score (nSPS) is 27.2. The van der Waals surface area contributed by atoms with Crippen molar-refractivity contribution in [2.45, 2.75) is 113 Å². The summed E-state index contributed by atoms with van der Waals surface area (Å²) >= 11 is 0. The lowest BCUT2D eigenvalue weighted by molar-refractivity contribution is -0.216. The molecule has 9 N–H and O–H groups in total. The van der Waals surface area contributed by atoms with Crippen molar-refractivity contribution in [2.75, 3.05) is 6.54 Å². The number of nitrogens with two attached hydrogens (primary N) is 1. The third kappa shape index (κ3) is 10.8. The number of fused-ring (bicyclic) bond motifs is 4. The number of carbonyl (C=O) groups excluding carboxylic acids is 5. The van der Waals surface area contributed by atoms with Gasteiger partial charge in [-0.1, -0.05) is 103 Å². The minimum Gasteiger partial charge on any atom is -0.380 e. The van der Waals surface area contributed by atoms with Crippen LogP contribution in [-0.2, 0) is 57.4 Å². The molecule has 0 aliphatic carbocycles. The highest BCUT2D eigenvalue weighted by Gasteiger charge is 2.58. The van der Waals surface area contributed by atoms with Crippen molar-refractivity contribution in [3.63, 3.8) is 0 Å². The summed E-state index contributed by atoms with van der Waals surface area (Å²) < 4.78 is 18.3. The summed E-state index contributed by atoms with van der Waals surface area (Å²) in [4.78, 5) is 75.9. The molecular weight excluding hydrogens is 843 g/mol. The Kier molecular flexibility index (Phi) is 14.2. The summed E-state index contributed by atoms with van der Waals surface area (Å²) in [6, 6.07) is 27.8. The lowest BCUT2D eigenvalue weighted by Gasteiger charge is -2.31. The van der Waals surface area contributed by atoms with Crippen molar-refractivity contribution in [1.82, 2.24) is 31.6 Å². The maximum Gasteiger partial charge on any atom is 0.252 e. The Bertz CT molecular complexity index is 2500. The summed E-state index contributed by atoms with van der Waals surface area (Å²) in [5.74, 6) is -4.79. The number of hydrogen-bond donors (Lipinski definition) is 8. The lowest BCUT2D eigenvalue weighted by atomic mass is 9.98. The molecule has 3 aliphatic heterocycles. The highest BCUT2D eigenvalue weighted by molar-refractivity contribution is 5.97. The number of H-pyrrole nitrogens is 1. The van der Waals surface area contributed by atoms with E-state index in [1.807, 2.05) is 84.9 Å². The van der Waals surface area contributed by atoms with E-state index in [0.29, 0.717) is 30.5 Å². The SMILES string of the molecule is CC1(C)OC2[C@H](O[C@@H]3[C@@H](O)C(=O)N[C@@H](Cc4ccccc4)C(=O)N[C@H](Cc4c[nH]c5ccccc45)C(=O)N[C@@H](CCCCN)C(=O)N[C@@H](Cc4ccc(-c5ccccc5)cc4)C(=O)N[C@@H]23)O1. The highest BCUT2D eigenvalue weighted by Crippen LogP contribution is 2.38. The zero-order valence-corrected chi connectivity index (χ0v) is 36.9. The van der Waals surface area contributed by atoms with Crippen LogP contribution in [-0.4, -0.2) is 107 Å². The molecule has 8 rings (SSSR count).